The number of aryl methyl sites for hydroxylation is 3. The maximum absolute atomic E-state index is 13.1. The van der Waals surface area contributed by atoms with Crippen LogP contribution in [0.25, 0.3) is 22.4 Å². The molecule has 4 rings (SSSR count). The van der Waals surface area contributed by atoms with E-state index in [1.54, 1.807) is 36.5 Å². The van der Waals surface area contributed by atoms with Crippen LogP contribution in [0.2, 0.25) is 0 Å². The Kier molecular flexibility index (Phi) is 4.87. The molecule has 0 saturated carbocycles. The van der Waals surface area contributed by atoms with E-state index in [9.17, 15) is 4.79 Å². The van der Waals surface area contributed by atoms with Gasteiger partial charge in [0.15, 0.2) is 0 Å². The van der Waals surface area contributed by atoms with Gasteiger partial charge in [0.1, 0.15) is 0 Å². The Morgan fingerprint density at radius 3 is 2.62 bits per heavy atom. The lowest BCUT2D eigenvalue weighted by molar-refractivity contribution is 0.102. The molecular weight excluding hydrogens is 384 g/mol. The van der Waals surface area contributed by atoms with Crippen LogP contribution in [0.15, 0.2) is 40.9 Å². The Morgan fingerprint density at radius 1 is 1.21 bits per heavy atom. The van der Waals surface area contributed by atoms with Gasteiger partial charge in [-0.25, -0.2) is 4.98 Å². The molecule has 0 bridgehead atoms. The lowest BCUT2D eigenvalue weighted by atomic mass is 10.1. The van der Waals surface area contributed by atoms with Gasteiger partial charge in [-0.1, -0.05) is 17.3 Å². The van der Waals surface area contributed by atoms with Crippen molar-refractivity contribution in [3.8, 4) is 17.3 Å². The van der Waals surface area contributed by atoms with Crippen molar-refractivity contribution < 1.29 is 9.32 Å². The van der Waals surface area contributed by atoms with E-state index in [-0.39, 0.29) is 5.91 Å². The Morgan fingerprint density at radius 2 is 1.97 bits per heavy atom. The minimum atomic E-state index is -0.261. The van der Waals surface area contributed by atoms with Crippen LogP contribution in [0.3, 0.4) is 0 Å². The summed E-state index contributed by atoms with van der Waals surface area (Å²) < 4.78 is 5.37. The Labute approximate surface area is 171 Å². The van der Waals surface area contributed by atoms with Gasteiger partial charge in [0.2, 0.25) is 0 Å². The number of benzene rings is 1. The molecule has 4 aromatic rings. The molecule has 0 aliphatic carbocycles. The van der Waals surface area contributed by atoms with Crippen molar-refractivity contribution in [1.82, 2.24) is 10.1 Å². The summed E-state index contributed by atoms with van der Waals surface area (Å²) in [5, 5.41) is 16.3. The van der Waals surface area contributed by atoms with Crippen molar-refractivity contribution in [2.75, 3.05) is 5.32 Å². The Bertz CT molecular complexity index is 1260. The number of hydrogen-bond acceptors (Lipinski definition) is 6. The third-order valence-corrected chi connectivity index (χ3v) is 5.64. The molecule has 0 unspecified atom stereocenters. The molecule has 0 radical (unpaired) electrons. The van der Waals surface area contributed by atoms with Crippen LogP contribution in [-0.4, -0.2) is 16.0 Å². The molecular formula is C22H18N4O2S. The van der Waals surface area contributed by atoms with Crippen molar-refractivity contribution >= 4 is 34.0 Å². The molecule has 1 aromatic carbocycles. The number of carbonyl (C=O) groups excluding carboxylic acids is 1. The average molecular weight is 402 g/mol. The number of thiophene rings is 1. The van der Waals surface area contributed by atoms with Gasteiger partial charge in [-0.2, -0.15) is 5.26 Å². The van der Waals surface area contributed by atoms with Gasteiger partial charge in [-0.15, -0.1) is 11.3 Å². The smallest absolute Gasteiger partial charge is 0.259 e. The Balaban J connectivity index is 1.75. The van der Waals surface area contributed by atoms with Crippen LogP contribution < -0.4 is 5.32 Å². The van der Waals surface area contributed by atoms with Gasteiger partial charge in [-0.05, 0) is 50.6 Å². The molecule has 144 valence electrons. The van der Waals surface area contributed by atoms with E-state index in [0.717, 1.165) is 16.0 Å². The van der Waals surface area contributed by atoms with Crippen molar-refractivity contribution in [1.29, 1.82) is 5.26 Å². The third-order valence-electron chi connectivity index (χ3n) is 4.67. The molecule has 0 atom stereocenters. The van der Waals surface area contributed by atoms with E-state index in [1.807, 2.05) is 26.0 Å². The zero-order valence-electron chi connectivity index (χ0n) is 16.2. The molecule has 1 amide bonds. The second-order valence-corrected chi connectivity index (χ2v) is 8.28. The largest absolute Gasteiger partial charge is 0.335 e. The van der Waals surface area contributed by atoms with Crippen molar-refractivity contribution in [2.45, 2.75) is 27.2 Å². The zero-order valence-corrected chi connectivity index (χ0v) is 17.1. The van der Waals surface area contributed by atoms with Crippen molar-refractivity contribution in [3.63, 3.8) is 0 Å². The highest BCUT2D eigenvalue weighted by atomic mass is 32.1. The van der Waals surface area contributed by atoms with Crippen LogP contribution in [0.4, 0.5) is 5.69 Å². The predicted molar refractivity (Wildman–Crippen MR) is 113 cm³/mol. The number of nitrogens with one attached hydrogen (secondary N) is 1. The zero-order chi connectivity index (χ0) is 20.5. The van der Waals surface area contributed by atoms with Gasteiger partial charge in [-0.3, -0.25) is 4.79 Å². The summed E-state index contributed by atoms with van der Waals surface area (Å²) in [7, 11) is 0. The van der Waals surface area contributed by atoms with Gasteiger partial charge in [0.25, 0.3) is 11.6 Å². The van der Waals surface area contributed by atoms with E-state index >= 15 is 0 Å². The number of rotatable bonds is 4. The second kappa shape index (κ2) is 7.49. The van der Waals surface area contributed by atoms with Crippen LogP contribution in [0.5, 0.6) is 0 Å². The first kappa shape index (κ1) is 18.8. The fourth-order valence-corrected chi connectivity index (χ4v) is 4.23. The number of carbonyl (C=O) groups is 1. The predicted octanol–water partition coefficient (Wildman–Crippen LogP) is 5.19. The number of pyridine rings is 1. The van der Waals surface area contributed by atoms with Crippen LogP contribution in [-0.2, 0) is 6.42 Å². The van der Waals surface area contributed by atoms with Crippen LogP contribution in [0.1, 0.15) is 31.4 Å². The monoisotopic (exact) mass is 402 g/mol. The minimum Gasteiger partial charge on any atom is -0.335 e. The molecule has 7 heteroatoms. The maximum Gasteiger partial charge on any atom is 0.259 e. The summed E-state index contributed by atoms with van der Waals surface area (Å²) >= 11 is 1.69. The topological polar surface area (TPSA) is 91.8 Å². The summed E-state index contributed by atoms with van der Waals surface area (Å²) in [6.07, 6.45) is 0.335. The number of nitriles is 1. The van der Waals surface area contributed by atoms with Crippen molar-refractivity contribution in [3.05, 3.63) is 63.0 Å². The highest BCUT2D eigenvalue weighted by Crippen LogP contribution is 2.33. The quantitative estimate of drug-likeness (QED) is 0.507. The SMILES string of the molecule is Cc1cc(-c2cc(C(=O)Nc3ccc(CC#N)cc3)c3c(C)noc3n2)c(C)s1. The van der Waals surface area contributed by atoms with E-state index in [1.165, 1.54) is 4.88 Å². The fourth-order valence-electron chi connectivity index (χ4n) is 3.29. The molecule has 1 N–H and O–H groups in total. The lowest BCUT2D eigenvalue weighted by Crippen LogP contribution is -2.13. The maximum atomic E-state index is 13.1. The van der Waals surface area contributed by atoms with Crippen LogP contribution >= 0.6 is 11.3 Å². The van der Waals surface area contributed by atoms with Gasteiger partial charge in [0.05, 0.1) is 34.8 Å². The molecule has 0 spiro atoms. The molecule has 0 saturated heterocycles. The van der Waals surface area contributed by atoms with Crippen LogP contribution in [0, 0.1) is 32.1 Å². The van der Waals surface area contributed by atoms with Crippen molar-refractivity contribution in [2.24, 2.45) is 0 Å². The molecule has 6 nitrogen and oxygen atoms in total. The molecule has 3 heterocycles. The van der Waals surface area contributed by atoms with Gasteiger partial charge < -0.3 is 9.84 Å². The summed E-state index contributed by atoms with van der Waals surface area (Å²) in [6.45, 7) is 5.87. The number of aromatic nitrogens is 2. The summed E-state index contributed by atoms with van der Waals surface area (Å²) in [5.74, 6) is -0.261. The van der Waals surface area contributed by atoms with E-state index in [4.69, 9.17) is 9.78 Å². The first-order valence-electron chi connectivity index (χ1n) is 9.08. The highest BCUT2D eigenvalue weighted by molar-refractivity contribution is 7.12. The average Bonchev–Trinajstić information content (AvgIpc) is 3.24. The summed E-state index contributed by atoms with van der Waals surface area (Å²) in [4.78, 5) is 20.0. The van der Waals surface area contributed by atoms with E-state index in [2.05, 4.69) is 27.6 Å². The number of nitrogens with zero attached hydrogens (tertiary/aromatic N) is 3. The first-order chi connectivity index (χ1) is 14.0. The normalized spacial score (nSPS) is 10.8. The minimum absolute atomic E-state index is 0.261. The number of anilines is 1. The van der Waals surface area contributed by atoms with Gasteiger partial charge in [0, 0.05) is 21.0 Å². The summed E-state index contributed by atoms with van der Waals surface area (Å²) in [5.41, 5.74) is 4.65. The highest BCUT2D eigenvalue weighted by Gasteiger charge is 2.20. The number of amides is 1. The first-order valence-corrected chi connectivity index (χ1v) is 9.89. The molecule has 0 aliphatic heterocycles. The number of hydrogen-bond donors (Lipinski definition) is 1. The molecule has 3 aromatic heterocycles. The van der Waals surface area contributed by atoms with E-state index < -0.39 is 0 Å². The second-order valence-electron chi connectivity index (χ2n) is 6.82. The summed E-state index contributed by atoms with van der Waals surface area (Å²) in [6, 6.07) is 13.2. The molecule has 29 heavy (non-hydrogen) atoms. The number of fused-ring (bicyclic) bond motifs is 1. The fraction of sp³-hybridized carbons (Fsp3) is 0.182. The third kappa shape index (κ3) is 3.62. The van der Waals surface area contributed by atoms with Gasteiger partial charge >= 0.3 is 0 Å². The molecule has 0 fully saturated rings. The Hall–Kier alpha value is -3.50. The lowest BCUT2D eigenvalue weighted by Gasteiger charge is -2.09. The van der Waals surface area contributed by atoms with E-state index in [0.29, 0.717) is 40.2 Å². The molecule has 0 aliphatic rings. The standard InChI is InChI=1S/C22H18N4O2S/c1-12-10-17(14(3)29-12)19-11-18(20-13(2)26-28-22(20)25-19)21(27)24-16-6-4-15(5-7-16)8-9-23/h4-7,10-11H,8H2,1-3H3,(H,24,27).